The van der Waals surface area contributed by atoms with Crippen LogP contribution in [0.3, 0.4) is 0 Å². The van der Waals surface area contributed by atoms with E-state index < -0.39 is 118 Å². The summed E-state index contributed by atoms with van der Waals surface area (Å²) in [7, 11) is -22.8. The number of aromatic nitrogens is 9. The molecule has 474 valence electrons. The Kier molecular flexibility index (Phi) is 27.6. The first-order chi connectivity index (χ1) is 41.5. The van der Waals surface area contributed by atoms with Crippen LogP contribution in [0.1, 0.15) is 54.6 Å². The van der Waals surface area contributed by atoms with Crippen LogP contribution >= 0.6 is 31.3 Å². The second-order valence-electron chi connectivity index (χ2n) is 20.1. The summed E-state index contributed by atoms with van der Waals surface area (Å²) in [6, 6.07) is 0. The van der Waals surface area contributed by atoms with Crippen molar-refractivity contribution < 1.29 is 233 Å². The van der Waals surface area contributed by atoms with E-state index in [1.165, 1.54) is 28.1 Å². The molecular formula is C48H54N12Na4O24P4. The summed E-state index contributed by atoms with van der Waals surface area (Å²) in [6.07, 6.45) is 12.9. The van der Waals surface area contributed by atoms with E-state index >= 15 is 0 Å². The minimum absolute atomic E-state index is 0. The van der Waals surface area contributed by atoms with Crippen molar-refractivity contribution in [3.63, 3.8) is 0 Å². The summed E-state index contributed by atoms with van der Waals surface area (Å²) in [5, 5.41) is 73.0. The number of ether oxygens (including phenoxy) is 3. The van der Waals surface area contributed by atoms with Crippen molar-refractivity contribution in [2.45, 2.75) is 92.9 Å². The Balaban J connectivity index is 0.000000219. The van der Waals surface area contributed by atoms with Gasteiger partial charge in [0.2, 0.25) is 0 Å². The Labute approximate surface area is 608 Å². The number of aliphatic hydroxyl groups is 7. The molecule has 0 aromatic carbocycles. The fraction of sp³-hybridized carbons (Fsp3) is 0.375. The van der Waals surface area contributed by atoms with Crippen LogP contribution in [0.4, 0.5) is 17.5 Å². The molecule has 0 bridgehead atoms. The first-order valence-corrected chi connectivity index (χ1v) is 31.9. The van der Waals surface area contributed by atoms with Crippen LogP contribution in [0.15, 0.2) is 92.3 Å². The summed E-state index contributed by atoms with van der Waals surface area (Å²) in [6.45, 7) is -2.08. The van der Waals surface area contributed by atoms with Gasteiger partial charge in [-0.3, -0.25) is 18.3 Å². The molecule has 0 saturated carbocycles. The average Bonchev–Trinajstić information content (AvgIpc) is 1.62. The monoisotopic (exact) mass is 1400 g/mol. The number of phosphoric ester groups is 2. The zero-order valence-electron chi connectivity index (χ0n) is 49.0. The Hall–Kier alpha value is -2.18. The molecule has 3 aliphatic carbocycles. The molecule has 3 fully saturated rings. The van der Waals surface area contributed by atoms with Gasteiger partial charge in [-0.1, -0.05) is 54.7 Å². The third kappa shape index (κ3) is 17.4. The molecule has 9 heterocycles. The third-order valence-electron chi connectivity index (χ3n) is 14.5. The first kappa shape index (κ1) is 78.8. The normalized spacial score (nSPS) is 28.0. The van der Waals surface area contributed by atoms with E-state index in [9.17, 15) is 73.6 Å². The van der Waals surface area contributed by atoms with Crippen LogP contribution in [-0.2, 0) is 50.1 Å². The Morgan fingerprint density at radius 3 is 1.10 bits per heavy atom. The van der Waals surface area contributed by atoms with E-state index in [0.29, 0.717) is 51.7 Å². The van der Waals surface area contributed by atoms with Gasteiger partial charge in [0.1, 0.15) is 108 Å². The van der Waals surface area contributed by atoms with Crippen LogP contribution in [-0.4, -0.2) is 164 Å². The molecule has 15 N–H and O–H groups in total. The van der Waals surface area contributed by atoms with E-state index in [1.54, 1.807) is 23.2 Å². The number of rotatable bonds is 17. The smallest absolute Gasteiger partial charge is 0.756 e. The first-order valence-electron chi connectivity index (χ1n) is 26.0. The van der Waals surface area contributed by atoms with Crippen LogP contribution < -0.4 is 155 Å². The molecule has 0 spiro atoms. The number of nitrogens with two attached hydrogens (primary N) is 3. The van der Waals surface area contributed by atoms with Gasteiger partial charge in [0.25, 0.3) is 31.3 Å². The minimum Gasteiger partial charge on any atom is -0.756 e. The number of nitrogen functional groups attached to an aromatic ring is 3. The van der Waals surface area contributed by atoms with Crippen molar-refractivity contribution in [3.05, 3.63) is 109 Å². The van der Waals surface area contributed by atoms with Gasteiger partial charge in [0.15, 0.2) is 18.7 Å². The minimum atomic E-state index is -6.09. The largest absolute Gasteiger partial charge is 1.00 e. The Morgan fingerprint density at radius 2 is 0.804 bits per heavy atom. The molecule has 44 heteroatoms. The summed E-state index contributed by atoms with van der Waals surface area (Å²) < 4.78 is 81.1. The van der Waals surface area contributed by atoms with Gasteiger partial charge in [-0.2, -0.15) is 0 Å². The van der Waals surface area contributed by atoms with Gasteiger partial charge >= 0.3 is 118 Å². The molecule has 12 rings (SSSR count). The number of fused-ring (bicyclic) bond motifs is 3. The van der Waals surface area contributed by atoms with Gasteiger partial charge in [0.05, 0.1) is 36.0 Å². The van der Waals surface area contributed by atoms with Gasteiger partial charge in [0, 0.05) is 35.3 Å². The molecule has 6 aromatic rings. The molecule has 16 atom stereocenters. The number of hydrogen-bond donors (Lipinski definition) is 12. The summed E-state index contributed by atoms with van der Waals surface area (Å²) in [4.78, 5) is 86.3. The van der Waals surface area contributed by atoms with Crippen molar-refractivity contribution in [2.24, 2.45) is 0 Å². The number of phosphoric acid groups is 4. The number of anilines is 3. The Morgan fingerprint density at radius 1 is 0.478 bits per heavy atom. The fourth-order valence-corrected chi connectivity index (χ4v) is 13.7. The van der Waals surface area contributed by atoms with Crippen molar-refractivity contribution in [1.82, 2.24) is 43.6 Å². The number of allylic oxidation sites excluding steroid dienone is 12. The van der Waals surface area contributed by atoms with Crippen LogP contribution in [0, 0.1) is 0 Å². The second-order valence-corrected chi connectivity index (χ2v) is 25.6. The van der Waals surface area contributed by atoms with E-state index in [4.69, 9.17) is 41.2 Å². The molecule has 6 aromatic heterocycles. The second kappa shape index (κ2) is 32.2. The van der Waals surface area contributed by atoms with Gasteiger partial charge in [-0.15, -0.1) is 0 Å². The van der Waals surface area contributed by atoms with E-state index in [-0.39, 0.29) is 142 Å². The molecule has 92 heavy (non-hydrogen) atoms. The molecule has 36 nitrogen and oxygen atoms in total. The van der Waals surface area contributed by atoms with Crippen molar-refractivity contribution in [1.29, 1.82) is 0 Å². The van der Waals surface area contributed by atoms with Crippen molar-refractivity contribution in [3.8, 4) is 0 Å². The third-order valence-corrected chi connectivity index (χ3v) is 18.6. The maximum atomic E-state index is 11.8. The van der Waals surface area contributed by atoms with Crippen molar-refractivity contribution in [2.75, 3.05) is 37.0 Å². The predicted octanol–water partition coefficient (Wildman–Crippen LogP) is -14.1. The molecule has 7 unspecified atom stereocenters. The molecule has 3 saturated heterocycles. The van der Waals surface area contributed by atoms with Crippen LogP contribution in [0.25, 0.3) is 49.8 Å². The molecule has 6 aliphatic rings. The molecule has 3 aliphatic heterocycles. The van der Waals surface area contributed by atoms with Crippen LogP contribution in [0.2, 0.25) is 0 Å². The quantitative estimate of drug-likeness (QED) is 0.0298. The SMILES string of the molecule is Nc1ncnc2c1c(C1=CC=CC1)cn2[C@@H]1O[C@H](CO)C(O)[C@@H]1O.Nc1ncnc2c1c(C1=CC=CC1)cn2[C@@H]1O[C@H](COP(=O)([O-])O)C(O)[C@@H]1O.Nc1ncnc2c1c(C1=CC=CC1)cn2[C@@H]1O[C@H](COP(=O)([O-])OP(=O)([O-])OP(=O)([O-])O)C(O)[C@@H]1O.[Na+].[Na+].[Na+].[Na+]. The maximum Gasteiger partial charge on any atom is 1.00 e. The van der Waals surface area contributed by atoms with Gasteiger partial charge < -0.3 is 119 Å². The number of nitrogens with zero attached hydrogens (tertiary/aromatic N) is 9. The van der Waals surface area contributed by atoms with E-state index in [1.807, 2.05) is 54.7 Å². The number of aliphatic hydroxyl groups excluding tert-OH is 7. The average molecular weight is 1400 g/mol. The summed E-state index contributed by atoms with van der Waals surface area (Å²) in [5.41, 5.74) is 24.5. The summed E-state index contributed by atoms with van der Waals surface area (Å²) >= 11 is 0. The standard InChI is InChI=1S/C16H21N4O13P3.C16H19N4O7P.C16H18N4O4.4Na/c17-14-11-9(8-3-1-2-4-8)5-20(15(11)19-7-18-14)16-13(22)12(21)10(31-16)6-30-35(26,27)33-36(28,29)32-34(23,24)25;17-14-11-9(8-3-1-2-4-8)5-20(15(11)19-7-18-14)16-13(22)12(21)10(27-16)6-26-28(23,24)25;17-14-11-9(8-3-1-2-4-8)5-20(15(11)19-7-18-14)16-13(23)12(22)10(6-21)24-16;;;;/h1-3,5,7,10,12-13,16,21-22H,4,6H2,(H,26,27)(H,28,29)(H2,17,18,19)(H2,23,24,25);1-3,5,7,10,12-13,16,21-22H,4,6H2,(H2,17,18,19)(H2,23,24,25);1-3,5,7,10,12-13,16,21-23H,4,6H2,(H2,17,18,19);;;;/q;;;4*+1/p-4/t3*10-,12?,13+,16-;;;;/m111..../s1. The maximum absolute atomic E-state index is 11.8. The zero-order valence-corrected chi connectivity index (χ0v) is 60.6. The molecule has 0 radical (unpaired) electrons. The van der Waals surface area contributed by atoms with E-state index in [0.717, 1.165) is 34.3 Å². The molecule has 0 amide bonds. The number of hydrogen-bond acceptors (Lipinski definition) is 31. The van der Waals surface area contributed by atoms with Crippen LogP contribution in [0.5, 0.6) is 0 Å². The topological polar surface area (TPSA) is 577 Å². The molecular weight excluding hydrogens is 1340 g/mol. The van der Waals surface area contributed by atoms with E-state index in [2.05, 4.69) is 47.6 Å². The van der Waals surface area contributed by atoms with Gasteiger partial charge in [-0.25, -0.2) is 38.5 Å². The van der Waals surface area contributed by atoms with Crippen molar-refractivity contribution >= 4 is 98.6 Å². The zero-order chi connectivity index (χ0) is 63.4. The van der Waals surface area contributed by atoms with Gasteiger partial charge in [-0.05, 0) is 36.0 Å². The predicted molar refractivity (Wildman–Crippen MR) is 295 cm³/mol. The summed E-state index contributed by atoms with van der Waals surface area (Å²) in [5.74, 6) is 0.744. The Bertz CT molecular complexity index is 4050. The fourth-order valence-electron chi connectivity index (χ4n) is 10.5.